The van der Waals surface area contributed by atoms with Crippen molar-refractivity contribution in [3.63, 3.8) is 0 Å². The normalized spacial score (nSPS) is 12.0. The Labute approximate surface area is 170 Å². The summed E-state index contributed by atoms with van der Waals surface area (Å²) >= 11 is 13.0. The number of anilines is 1. The van der Waals surface area contributed by atoms with E-state index < -0.39 is 5.25 Å². The molecule has 0 aliphatic carbocycles. The molecule has 3 rings (SSSR count). The van der Waals surface area contributed by atoms with Gasteiger partial charge in [0.05, 0.1) is 15.3 Å². The molecule has 0 fully saturated rings. The van der Waals surface area contributed by atoms with Gasteiger partial charge in [0, 0.05) is 11.8 Å². The molecule has 1 unspecified atom stereocenters. The smallest absolute Gasteiger partial charge is 0.238 e. The van der Waals surface area contributed by atoms with Gasteiger partial charge in [-0.05, 0) is 19.9 Å². The van der Waals surface area contributed by atoms with Crippen LogP contribution in [-0.4, -0.2) is 31.0 Å². The van der Waals surface area contributed by atoms with Crippen molar-refractivity contribution in [2.75, 3.05) is 11.2 Å². The number of hydrogen-bond acceptors (Lipinski definition) is 6. The number of thioether (sulfide) groups is 1. The SMILES string of the molecule is Cc1ccc(-c2nnc(SC(C)C(=O)Nc3ncc(Cl)cc3Cl)n2N)cc1. The van der Waals surface area contributed by atoms with Gasteiger partial charge in [-0.25, -0.2) is 9.66 Å². The van der Waals surface area contributed by atoms with Gasteiger partial charge in [-0.2, -0.15) is 0 Å². The molecular formula is C17H16Cl2N6OS. The summed E-state index contributed by atoms with van der Waals surface area (Å²) in [5.41, 5.74) is 1.98. The molecular weight excluding hydrogens is 407 g/mol. The molecule has 3 N–H and O–H groups in total. The number of aryl methyl sites for hydroxylation is 1. The number of amides is 1. The van der Waals surface area contributed by atoms with E-state index in [-0.39, 0.29) is 16.7 Å². The molecule has 7 nitrogen and oxygen atoms in total. The van der Waals surface area contributed by atoms with Crippen molar-refractivity contribution in [3.8, 4) is 11.4 Å². The highest BCUT2D eigenvalue weighted by Gasteiger charge is 2.21. The Morgan fingerprint density at radius 2 is 1.96 bits per heavy atom. The van der Waals surface area contributed by atoms with Crippen LogP contribution < -0.4 is 11.2 Å². The van der Waals surface area contributed by atoms with E-state index in [1.165, 1.54) is 28.7 Å². The average Bonchev–Trinajstić information content (AvgIpc) is 2.98. The van der Waals surface area contributed by atoms with Gasteiger partial charge in [-0.3, -0.25) is 4.79 Å². The molecule has 0 saturated heterocycles. The van der Waals surface area contributed by atoms with E-state index in [1.807, 2.05) is 31.2 Å². The molecule has 2 aromatic heterocycles. The third kappa shape index (κ3) is 4.52. The first-order chi connectivity index (χ1) is 12.8. The summed E-state index contributed by atoms with van der Waals surface area (Å²) in [6, 6.07) is 9.28. The first-order valence-corrected chi connectivity index (χ1v) is 9.55. The van der Waals surface area contributed by atoms with E-state index in [4.69, 9.17) is 29.0 Å². The van der Waals surface area contributed by atoms with Gasteiger partial charge in [0.15, 0.2) is 11.6 Å². The Bertz CT molecular complexity index is 976. The fourth-order valence-corrected chi connectivity index (χ4v) is 3.39. The monoisotopic (exact) mass is 422 g/mol. The molecule has 0 spiro atoms. The van der Waals surface area contributed by atoms with Crippen LogP contribution in [0, 0.1) is 6.92 Å². The lowest BCUT2D eigenvalue weighted by Crippen LogP contribution is -2.24. The van der Waals surface area contributed by atoms with E-state index in [0.717, 1.165) is 11.1 Å². The maximum atomic E-state index is 12.4. The molecule has 1 atom stereocenters. The van der Waals surface area contributed by atoms with Gasteiger partial charge in [0.2, 0.25) is 11.1 Å². The summed E-state index contributed by atoms with van der Waals surface area (Å²) in [4.78, 5) is 16.4. The van der Waals surface area contributed by atoms with Crippen LogP contribution in [0.15, 0.2) is 41.7 Å². The number of carbonyl (C=O) groups is 1. The number of pyridine rings is 1. The van der Waals surface area contributed by atoms with Crippen LogP contribution in [0.2, 0.25) is 10.0 Å². The zero-order valence-corrected chi connectivity index (χ0v) is 16.8. The van der Waals surface area contributed by atoms with Crippen molar-refractivity contribution in [2.45, 2.75) is 24.3 Å². The predicted octanol–water partition coefficient (Wildman–Crippen LogP) is 3.79. The van der Waals surface area contributed by atoms with E-state index in [1.54, 1.807) is 6.92 Å². The lowest BCUT2D eigenvalue weighted by Gasteiger charge is -2.12. The maximum Gasteiger partial charge on any atom is 0.238 e. The summed E-state index contributed by atoms with van der Waals surface area (Å²) < 4.78 is 1.37. The van der Waals surface area contributed by atoms with Gasteiger partial charge in [0.25, 0.3) is 0 Å². The number of nitrogens with two attached hydrogens (primary N) is 1. The van der Waals surface area contributed by atoms with Crippen LogP contribution in [0.1, 0.15) is 12.5 Å². The first kappa shape index (κ1) is 19.5. The van der Waals surface area contributed by atoms with Crippen molar-refractivity contribution in [1.29, 1.82) is 0 Å². The number of hydrogen-bond donors (Lipinski definition) is 2. The highest BCUT2D eigenvalue weighted by molar-refractivity contribution is 8.00. The molecule has 0 radical (unpaired) electrons. The Kier molecular flexibility index (Phi) is 5.88. The Morgan fingerprint density at radius 3 is 2.63 bits per heavy atom. The molecule has 27 heavy (non-hydrogen) atoms. The molecule has 0 aliphatic rings. The topological polar surface area (TPSA) is 98.7 Å². The first-order valence-electron chi connectivity index (χ1n) is 7.91. The highest BCUT2D eigenvalue weighted by Crippen LogP contribution is 2.27. The quantitative estimate of drug-likeness (QED) is 0.479. The standard InChI is InChI=1S/C17H16Cl2N6OS/c1-9-3-5-11(6-4-9)15-23-24-17(25(15)20)27-10(2)16(26)22-14-13(19)7-12(18)8-21-14/h3-8,10H,20H2,1-2H3,(H,21,22,26). The number of carbonyl (C=O) groups excluding carboxylic acids is 1. The van der Waals surface area contributed by atoms with Gasteiger partial charge >= 0.3 is 0 Å². The van der Waals surface area contributed by atoms with Gasteiger partial charge in [-0.15, -0.1) is 10.2 Å². The number of rotatable bonds is 5. The number of halogens is 2. The minimum atomic E-state index is -0.504. The maximum absolute atomic E-state index is 12.4. The van der Waals surface area contributed by atoms with Crippen LogP contribution >= 0.6 is 35.0 Å². The van der Waals surface area contributed by atoms with Crippen LogP contribution in [0.3, 0.4) is 0 Å². The zero-order valence-electron chi connectivity index (χ0n) is 14.5. The fraction of sp³-hybridized carbons (Fsp3) is 0.176. The number of nitrogen functional groups attached to an aromatic ring is 1. The zero-order chi connectivity index (χ0) is 19.6. The van der Waals surface area contributed by atoms with E-state index in [0.29, 0.717) is 16.0 Å². The van der Waals surface area contributed by atoms with Gasteiger partial charge in [0.1, 0.15) is 0 Å². The average molecular weight is 423 g/mol. The largest absolute Gasteiger partial charge is 0.335 e. The Balaban J connectivity index is 1.71. The second-order valence-corrected chi connectivity index (χ2v) is 7.93. The third-order valence-corrected chi connectivity index (χ3v) is 5.23. The van der Waals surface area contributed by atoms with Gasteiger partial charge < -0.3 is 11.2 Å². The summed E-state index contributed by atoms with van der Waals surface area (Å²) in [5, 5.41) is 11.4. The van der Waals surface area contributed by atoms with E-state index in [2.05, 4.69) is 20.5 Å². The summed E-state index contributed by atoms with van der Waals surface area (Å²) in [5.74, 6) is 6.58. The Morgan fingerprint density at radius 1 is 1.26 bits per heavy atom. The minimum Gasteiger partial charge on any atom is -0.335 e. The molecule has 140 valence electrons. The van der Waals surface area contributed by atoms with Crippen LogP contribution in [0.4, 0.5) is 5.82 Å². The molecule has 1 amide bonds. The second-order valence-electron chi connectivity index (χ2n) is 5.78. The van der Waals surface area contributed by atoms with Crippen LogP contribution in [0.5, 0.6) is 0 Å². The van der Waals surface area contributed by atoms with Crippen molar-refractivity contribution in [3.05, 3.63) is 52.1 Å². The Hall–Kier alpha value is -2.29. The molecule has 3 aromatic rings. The second kappa shape index (κ2) is 8.16. The van der Waals surface area contributed by atoms with Gasteiger partial charge in [-0.1, -0.05) is 64.8 Å². The van der Waals surface area contributed by atoms with Crippen LogP contribution in [0.25, 0.3) is 11.4 Å². The molecule has 2 heterocycles. The molecule has 1 aromatic carbocycles. The lowest BCUT2D eigenvalue weighted by molar-refractivity contribution is -0.115. The highest BCUT2D eigenvalue weighted by atomic mass is 35.5. The van der Waals surface area contributed by atoms with E-state index in [9.17, 15) is 4.79 Å². The third-order valence-electron chi connectivity index (χ3n) is 3.68. The summed E-state index contributed by atoms with van der Waals surface area (Å²) in [6.45, 7) is 3.73. The molecule has 0 aliphatic heterocycles. The van der Waals surface area contributed by atoms with Crippen molar-refractivity contribution in [2.24, 2.45) is 0 Å². The predicted molar refractivity (Wildman–Crippen MR) is 109 cm³/mol. The van der Waals surface area contributed by atoms with Crippen molar-refractivity contribution >= 4 is 46.7 Å². The number of aromatic nitrogens is 4. The number of nitrogens with one attached hydrogen (secondary N) is 1. The minimum absolute atomic E-state index is 0.244. The molecule has 10 heteroatoms. The van der Waals surface area contributed by atoms with Crippen molar-refractivity contribution < 1.29 is 4.79 Å². The number of nitrogens with zero attached hydrogens (tertiary/aromatic N) is 4. The number of benzene rings is 1. The molecule has 0 bridgehead atoms. The lowest BCUT2D eigenvalue weighted by atomic mass is 10.1. The van der Waals surface area contributed by atoms with Crippen molar-refractivity contribution in [1.82, 2.24) is 19.9 Å². The molecule has 0 saturated carbocycles. The fourth-order valence-electron chi connectivity index (χ4n) is 2.19. The van der Waals surface area contributed by atoms with E-state index >= 15 is 0 Å². The van der Waals surface area contributed by atoms with Crippen LogP contribution in [-0.2, 0) is 4.79 Å². The summed E-state index contributed by atoms with van der Waals surface area (Å²) in [7, 11) is 0. The summed E-state index contributed by atoms with van der Waals surface area (Å²) in [6.07, 6.45) is 1.41.